The van der Waals surface area contributed by atoms with E-state index in [1.807, 2.05) is 0 Å². The third kappa shape index (κ3) is 1.22. The van der Waals surface area contributed by atoms with Gasteiger partial charge in [-0.25, -0.2) is 0 Å². The molecule has 0 aromatic heterocycles. The summed E-state index contributed by atoms with van der Waals surface area (Å²) < 4.78 is 17.2. The lowest BCUT2D eigenvalue weighted by Gasteiger charge is -2.19. The van der Waals surface area contributed by atoms with E-state index in [1.165, 1.54) is 0 Å². The maximum absolute atomic E-state index is 12.2. The molecular formula is C6H12FNO. The molecule has 1 atom stereocenters. The van der Waals surface area contributed by atoms with Crippen LogP contribution in [0.3, 0.4) is 0 Å². The van der Waals surface area contributed by atoms with E-state index in [2.05, 4.69) is 0 Å². The molecule has 1 aliphatic heterocycles. The molecule has 0 radical (unpaired) electrons. The normalized spacial score (nSPS) is 35.3. The predicted octanol–water partition coefficient (Wildman–Crippen LogP) is 0.321. The van der Waals surface area contributed by atoms with Crippen LogP contribution in [0.5, 0.6) is 0 Å². The molecule has 1 unspecified atom stereocenters. The van der Waals surface area contributed by atoms with Gasteiger partial charge in [0.1, 0.15) is 0 Å². The van der Waals surface area contributed by atoms with Crippen LogP contribution in [-0.2, 0) is 4.74 Å². The van der Waals surface area contributed by atoms with Crippen LogP contribution in [0, 0.1) is 5.41 Å². The molecule has 54 valence electrons. The summed E-state index contributed by atoms with van der Waals surface area (Å²) in [6.07, 6.45) is 0.778. The van der Waals surface area contributed by atoms with Crippen molar-refractivity contribution in [1.29, 1.82) is 0 Å². The number of rotatable bonds is 2. The number of ether oxygens (including phenoxy) is 1. The Morgan fingerprint density at radius 2 is 2.44 bits per heavy atom. The van der Waals surface area contributed by atoms with Gasteiger partial charge in [-0.1, -0.05) is 0 Å². The van der Waals surface area contributed by atoms with E-state index in [9.17, 15) is 4.39 Å². The second-order valence-corrected chi connectivity index (χ2v) is 2.64. The zero-order valence-electron chi connectivity index (χ0n) is 5.40. The van der Waals surface area contributed by atoms with Gasteiger partial charge in [0.25, 0.3) is 0 Å². The first-order valence-corrected chi connectivity index (χ1v) is 3.17. The fraction of sp³-hybridized carbons (Fsp3) is 1.00. The summed E-state index contributed by atoms with van der Waals surface area (Å²) in [5.74, 6) is 0. The molecule has 1 fully saturated rings. The Balaban J connectivity index is 2.45. The smallest absolute Gasteiger partial charge is 0.0985 e. The van der Waals surface area contributed by atoms with Gasteiger partial charge in [-0.3, -0.25) is 4.39 Å². The molecule has 2 nitrogen and oxygen atoms in total. The third-order valence-electron chi connectivity index (χ3n) is 1.90. The van der Waals surface area contributed by atoms with E-state index in [1.54, 1.807) is 0 Å². The fourth-order valence-electron chi connectivity index (χ4n) is 0.970. The molecule has 1 heterocycles. The summed E-state index contributed by atoms with van der Waals surface area (Å²) in [6, 6.07) is 0. The molecule has 1 aliphatic rings. The summed E-state index contributed by atoms with van der Waals surface area (Å²) in [5, 5.41) is 0. The van der Waals surface area contributed by atoms with Crippen LogP contribution in [0.25, 0.3) is 0 Å². The Morgan fingerprint density at radius 1 is 1.67 bits per heavy atom. The number of hydrogen-bond donors (Lipinski definition) is 1. The van der Waals surface area contributed by atoms with Crippen molar-refractivity contribution < 1.29 is 9.13 Å². The van der Waals surface area contributed by atoms with Crippen molar-refractivity contribution in [2.45, 2.75) is 6.42 Å². The Kier molecular flexibility index (Phi) is 2.03. The largest absolute Gasteiger partial charge is 0.381 e. The number of nitrogens with two attached hydrogens (primary N) is 1. The van der Waals surface area contributed by atoms with E-state index in [0.29, 0.717) is 19.8 Å². The Hall–Kier alpha value is -0.150. The zero-order valence-corrected chi connectivity index (χ0v) is 5.40. The van der Waals surface area contributed by atoms with E-state index >= 15 is 0 Å². The molecule has 0 amide bonds. The van der Waals surface area contributed by atoms with E-state index < -0.39 is 0 Å². The average molecular weight is 133 g/mol. The first kappa shape index (κ1) is 6.96. The molecule has 0 aromatic carbocycles. The summed E-state index contributed by atoms with van der Waals surface area (Å²) in [7, 11) is 0. The highest BCUT2D eigenvalue weighted by molar-refractivity contribution is 4.83. The topological polar surface area (TPSA) is 35.2 Å². The van der Waals surface area contributed by atoms with Crippen molar-refractivity contribution in [3.63, 3.8) is 0 Å². The standard InChI is InChI=1S/C6H12FNO/c7-3-6(4-8)1-2-9-5-6/h1-5,8H2. The molecule has 1 saturated heterocycles. The van der Waals surface area contributed by atoms with Gasteiger partial charge < -0.3 is 10.5 Å². The Labute approximate surface area is 54.2 Å². The number of alkyl halides is 1. The van der Waals surface area contributed by atoms with Crippen LogP contribution >= 0.6 is 0 Å². The van der Waals surface area contributed by atoms with Gasteiger partial charge in [0.2, 0.25) is 0 Å². The van der Waals surface area contributed by atoms with Gasteiger partial charge in [-0.2, -0.15) is 0 Å². The van der Waals surface area contributed by atoms with Gasteiger partial charge in [-0.05, 0) is 6.42 Å². The molecule has 0 saturated carbocycles. The molecule has 0 bridgehead atoms. The van der Waals surface area contributed by atoms with Gasteiger partial charge in [0.05, 0.1) is 13.3 Å². The van der Waals surface area contributed by atoms with Crippen LogP contribution in [0.15, 0.2) is 0 Å². The minimum atomic E-state index is -0.344. The SMILES string of the molecule is NCC1(CF)CCOC1. The lowest BCUT2D eigenvalue weighted by molar-refractivity contribution is 0.136. The Bertz CT molecular complexity index is 85.1. The van der Waals surface area contributed by atoms with Gasteiger partial charge in [-0.15, -0.1) is 0 Å². The molecule has 3 heteroatoms. The highest BCUT2D eigenvalue weighted by atomic mass is 19.1. The summed E-state index contributed by atoms with van der Waals surface area (Å²) >= 11 is 0. The van der Waals surface area contributed by atoms with Crippen molar-refractivity contribution >= 4 is 0 Å². The van der Waals surface area contributed by atoms with E-state index in [4.69, 9.17) is 10.5 Å². The lowest BCUT2D eigenvalue weighted by atomic mass is 9.89. The van der Waals surface area contributed by atoms with Gasteiger partial charge in [0.15, 0.2) is 0 Å². The van der Waals surface area contributed by atoms with Gasteiger partial charge in [0, 0.05) is 18.6 Å². The van der Waals surface area contributed by atoms with Crippen molar-refractivity contribution in [3.8, 4) is 0 Å². The molecule has 0 spiro atoms. The van der Waals surface area contributed by atoms with Crippen molar-refractivity contribution in [3.05, 3.63) is 0 Å². The van der Waals surface area contributed by atoms with Crippen molar-refractivity contribution in [2.75, 3.05) is 26.4 Å². The van der Waals surface area contributed by atoms with Crippen molar-refractivity contribution in [2.24, 2.45) is 11.1 Å². The quantitative estimate of drug-likeness (QED) is 0.588. The third-order valence-corrected chi connectivity index (χ3v) is 1.90. The Morgan fingerprint density at radius 3 is 2.67 bits per heavy atom. The monoisotopic (exact) mass is 133 g/mol. The van der Waals surface area contributed by atoms with E-state index in [-0.39, 0.29) is 12.1 Å². The summed E-state index contributed by atoms with van der Waals surface area (Å²) in [6.45, 7) is 1.23. The maximum Gasteiger partial charge on any atom is 0.0985 e. The molecule has 2 N–H and O–H groups in total. The molecule has 1 rings (SSSR count). The average Bonchev–Trinajstić information content (AvgIpc) is 2.36. The van der Waals surface area contributed by atoms with Crippen molar-refractivity contribution in [1.82, 2.24) is 0 Å². The maximum atomic E-state index is 12.2. The van der Waals surface area contributed by atoms with Gasteiger partial charge >= 0.3 is 0 Å². The highest BCUT2D eigenvalue weighted by Gasteiger charge is 2.33. The van der Waals surface area contributed by atoms with Crippen LogP contribution in [0.4, 0.5) is 4.39 Å². The summed E-state index contributed by atoms with van der Waals surface area (Å²) in [5.41, 5.74) is 5.03. The second kappa shape index (κ2) is 2.62. The predicted molar refractivity (Wildman–Crippen MR) is 32.9 cm³/mol. The minimum Gasteiger partial charge on any atom is -0.381 e. The van der Waals surface area contributed by atoms with Crippen LogP contribution in [0.2, 0.25) is 0 Å². The first-order valence-electron chi connectivity index (χ1n) is 3.17. The number of hydrogen-bond acceptors (Lipinski definition) is 2. The van der Waals surface area contributed by atoms with E-state index in [0.717, 1.165) is 6.42 Å². The summed E-state index contributed by atoms with van der Waals surface area (Å²) in [4.78, 5) is 0. The molecule has 9 heavy (non-hydrogen) atoms. The second-order valence-electron chi connectivity index (χ2n) is 2.64. The highest BCUT2D eigenvalue weighted by Crippen LogP contribution is 2.27. The lowest BCUT2D eigenvalue weighted by Crippen LogP contribution is -2.32. The fourth-order valence-corrected chi connectivity index (χ4v) is 0.970. The molecular weight excluding hydrogens is 121 g/mol. The molecule has 0 aliphatic carbocycles. The minimum absolute atomic E-state index is 0.333. The first-order chi connectivity index (χ1) is 4.33. The number of halogens is 1. The molecule has 0 aromatic rings. The van der Waals surface area contributed by atoms with Crippen LogP contribution in [-0.4, -0.2) is 26.4 Å². The van der Waals surface area contributed by atoms with Crippen LogP contribution < -0.4 is 5.73 Å². The van der Waals surface area contributed by atoms with Crippen LogP contribution in [0.1, 0.15) is 6.42 Å². The zero-order chi connectivity index (χ0) is 6.74.